The number of hydrogen-bond acceptors (Lipinski definition) is 2. The summed E-state index contributed by atoms with van der Waals surface area (Å²) >= 11 is 0. The highest BCUT2D eigenvalue weighted by Crippen LogP contribution is 2.56. The van der Waals surface area contributed by atoms with Crippen LogP contribution in [-0.4, -0.2) is 19.0 Å². The summed E-state index contributed by atoms with van der Waals surface area (Å²) in [5.74, 6) is 2.60. The molecule has 1 fully saturated rings. The van der Waals surface area contributed by atoms with Crippen molar-refractivity contribution in [1.29, 1.82) is 0 Å². The summed E-state index contributed by atoms with van der Waals surface area (Å²) in [5.41, 5.74) is 0.520. The molecule has 0 aromatic carbocycles. The van der Waals surface area contributed by atoms with E-state index < -0.39 is 0 Å². The maximum absolute atomic E-state index is 5.33. The van der Waals surface area contributed by atoms with Crippen molar-refractivity contribution in [3.63, 3.8) is 0 Å². The third kappa shape index (κ3) is 1.35. The van der Waals surface area contributed by atoms with Crippen molar-refractivity contribution >= 4 is 5.90 Å². The van der Waals surface area contributed by atoms with Crippen molar-refractivity contribution in [3.8, 4) is 0 Å². The molecular weight excluding hydrogens is 174 g/mol. The van der Waals surface area contributed by atoms with Gasteiger partial charge in [-0.1, -0.05) is 13.8 Å². The summed E-state index contributed by atoms with van der Waals surface area (Å²) < 4.78 is 5.33. The van der Waals surface area contributed by atoms with Gasteiger partial charge in [0, 0.05) is 6.42 Å². The molecule has 0 N–H and O–H groups in total. The monoisotopic (exact) mass is 195 g/mol. The van der Waals surface area contributed by atoms with Gasteiger partial charge in [-0.2, -0.15) is 0 Å². The van der Waals surface area contributed by atoms with Crippen molar-refractivity contribution in [1.82, 2.24) is 0 Å². The van der Waals surface area contributed by atoms with Gasteiger partial charge in [0.25, 0.3) is 0 Å². The van der Waals surface area contributed by atoms with Crippen LogP contribution < -0.4 is 0 Å². The number of methoxy groups -OCH3 is 1. The van der Waals surface area contributed by atoms with Crippen LogP contribution >= 0.6 is 0 Å². The molecular formula is C12H21NO. The van der Waals surface area contributed by atoms with Crippen molar-refractivity contribution in [2.24, 2.45) is 22.2 Å². The molecule has 2 unspecified atom stereocenters. The minimum Gasteiger partial charge on any atom is -0.484 e. The summed E-state index contributed by atoms with van der Waals surface area (Å²) in [7, 11) is 1.75. The summed E-state index contributed by atoms with van der Waals surface area (Å²) in [6, 6.07) is 0.436. The van der Waals surface area contributed by atoms with Crippen LogP contribution in [0.2, 0.25) is 0 Å². The van der Waals surface area contributed by atoms with Gasteiger partial charge in [0.15, 0.2) is 5.90 Å². The van der Waals surface area contributed by atoms with E-state index in [1.807, 2.05) is 0 Å². The van der Waals surface area contributed by atoms with Crippen molar-refractivity contribution in [2.45, 2.75) is 46.1 Å². The molecule has 2 rings (SSSR count). The van der Waals surface area contributed by atoms with Crippen LogP contribution in [0.15, 0.2) is 4.99 Å². The Labute approximate surface area is 86.8 Å². The van der Waals surface area contributed by atoms with E-state index in [2.05, 4.69) is 25.8 Å². The fourth-order valence-corrected chi connectivity index (χ4v) is 3.33. The first kappa shape index (κ1) is 10.0. The predicted octanol–water partition coefficient (Wildman–Crippen LogP) is 2.88. The summed E-state index contributed by atoms with van der Waals surface area (Å²) in [4.78, 5) is 4.58. The smallest absolute Gasteiger partial charge is 0.183 e. The fraction of sp³-hybridized carbons (Fsp3) is 0.917. The molecule has 1 saturated carbocycles. The second-order valence-electron chi connectivity index (χ2n) is 5.31. The Morgan fingerprint density at radius 1 is 1.29 bits per heavy atom. The minimum atomic E-state index is 0.436. The van der Waals surface area contributed by atoms with Gasteiger partial charge in [0.05, 0.1) is 13.2 Å². The number of aliphatic imine (C=N–C) groups is 1. The summed E-state index contributed by atoms with van der Waals surface area (Å²) in [6.07, 6.45) is 3.79. The first-order valence-electron chi connectivity index (χ1n) is 5.68. The van der Waals surface area contributed by atoms with Crippen molar-refractivity contribution in [3.05, 3.63) is 0 Å². The van der Waals surface area contributed by atoms with Gasteiger partial charge >= 0.3 is 0 Å². The molecule has 1 spiro atoms. The Kier molecular flexibility index (Phi) is 2.32. The van der Waals surface area contributed by atoms with E-state index in [1.54, 1.807) is 7.11 Å². The van der Waals surface area contributed by atoms with E-state index in [9.17, 15) is 0 Å². The average molecular weight is 195 g/mol. The molecule has 2 aliphatic rings. The van der Waals surface area contributed by atoms with Crippen LogP contribution in [0, 0.1) is 17.3 Å². The first-order chi connectivity index (χ1) is 6.57. The topological polar surface area (TPSA) is 21.6 Å². The van der Waals surface area contributed by atoms with E-state index in [-0.39, 0.29) is 0 Å². The molecule has 0 aromatic heterocycles. The zero-order valence-electron chi connectivity index (χ0n) is 9.71. The molecule has 80 valence electrons. The Morgan fingerprint density at radius 2 is 1.93 bits per heavy atom. The minimum absolute atomic E-state index is 0.436. The van der Waals surface area contributed by atoms with Crippen LogP contribution in [0.4, 0.5) is 0 Å². The Morgan fingerprint density at radius 3 is 2.43 bits per heavy atom. The van der Waals surface area contributed by atoms with Gasteiger partial charge in [0.2, 0.25) is 0 Å². The van der Waals surface area contributed by atoms with Crippen molar-refractivity contribution in [2.75, 3.05) is 7.11 Å². The highest BCUT2D eigenvalue weighted by Gasteiger charge is 2.50. The van der Waals surface area contributed by atoms with Gasteiger partial charge in [-0.15, -0.1) is 0 Å². The molecule has 1 aliphatic heterocycles. The van der Waals surface area contributed by atoms with Gasteiger partial charge in [-0.25, -0.2) is 0 Å². The van der Waals surface area contributed by atoms with E-state index in [1.165, 1.54) is 12.8 Å². The third-order valence-electron chi connectivity index (χ3n) is 4.29. The lowest BCUT2D eigenvalue weighted by atomic mass is 9.53. The Hall–Kier alpha value is -0.530. The van der Waals surface area contributed by atoms with E-state index in [4.69, 9.17) is 4.74 Å². The number of rotatable bonds is 0. The largest absolute Gasteiger partial charge is 0.484 e. The van der Waals surface area contributed by atoms with Gasteiger partial charge in [0.1, 0.15) is 0 Å². The quantitative estimate of drug-likeness (QED) is 0.582. The van der Waals surface area contributed by atoms with Gasteiger partial charge in [-0.05, 0) is 37.0 Å². The van der Waals surface area contributed by atoms with E-state index in [0.717, 1.165) is 24.2 Å². The SMILES string of the molecule is COC1=NC(C)C(C)C2(C1)CC(C)C2. The lowest BCUT2D eigenvalue weighted by Gasteiger charge is -2.53. The molecule has 2 atom stereocenters. The summed E-state index contributed by atoms with van der Waals surface area (Å²) in [6.45, 7) is 6.92. The van der Waals surface area contributed by atoms with Gasteiger partial charge in [-0.3, -0.25) is 4.99 Å². The van der Waals surface area contributed by atoms with Gasteiger partial charge < -0.3 is 4.74 Å². The number of hydrogen-bond donors (Lipinski definition) is 0. The number of nitrogens with zero attached hydrogens (tertiary/aromatic N) is 1. The standard InChI is InChI=1S/C12H21NO/c1-8-5-12(6-8)7-11(14-4)13-10(3)9(12)2/h8-10H,5-7H2,1-4H3. The maximum Gasteiger partial charge on any atom is 0.183 e. The van der Waals surface area contributed by atoms with Crippen LogP contribution in [0.25, 0.3) is 0 Å². The van der Waals surface area contributed by atoms with Crippen LogP contribution in [-0.2, 0) is 4.74 Å². The van der Waals surface area contributed by atoms with Crippen LogP contribution in [0.1, 0.15) is 40.0 Å². The zero-order valence-corrected chi connectivity index (χ0v) is 9.71. The lowest BCUT2D eigenvalue weighted by molar-refractivity contribution is -0.00676. The van der Waals surface area contributed by atoms with E-state index in [0.29, 0.717) is 11.5 Å². The fourth-order valence-electron chi connectivity index (χ4n) is 3.33. The maximum atomic E-state index is 5.33. The Bertz CT molecular complexity index is 253. The van der Waals surface area contributed by atoms with Crippen LogP contribution in [0.3, 0.4) is 0 Å². The second-order valence-corrected chi connectivity index (χ2v) is 5.31. The predicted molar refractivity (Wildman–Crippen MR) is 58.5 cm³/mol. The van der Waals surface area contributed by atoms with E-state index >= 15 is 0 Å². The molecule has 0 amide bonds. The lowest BCUT2D eigenvalue weighted by Crippen LogP contribution is -2.49. The molecule has 0 bridgehead atoms. The van der Waals surface area contributed by atoms with Crippen LogP contribution in [0.5, 0.6) is 0 Å². The summed E-state index contributed by atoms with van der Waals surface area (Å²) in [5, 5.41) is 0. The molecule has 0 saturated heterocycles. The molecule has 1 aliphatic carbocycles. The molecule has 1 heterocycles. The second kappa shape index (κ2) is 3.25. The molecule has 14 heavy (non-hydrogen) atoms. The average Bonchev–Trinajstić information content (AvgIpc) is 2.10. The first-order valence-corrected chi connectivity index (χ1v) is 5.68. The Balaban J connectivity index is 2.17. The highest BCUT2D eigenvalue weighted by molar-refractivity contribution is 5.78. The highest BCUT2D eigenvalue weighted by atomic mass is 16.5. The molecule has 2 nitrogen and oxygen atoms in total. The normalized spacial score (nSPS) is 47.1. The third-order valence-corrected chi connectivity index (χ3v) is 4.29. The molecule has 2 heteroatoms. The van der Waals surface area contributed by atoms with Crippen molar-refractivity contribution < 1.29 is 4.74 Å². The molecule has 0 radical (unpaired) electrons. The molecule has 0 aromatic rings. The number of ether oxygens (including phenoxy) is 1. The zero-order chi connectivity index (χ0) is 10.3.